The predicted molar refractivity (Wildman–Crippen MR) is 108 cm³/mol. The Balaban J connectivity index is 1.77. The summed E-state index contributed by atoms with van der Waals surface area (Å²) in [6.45, 7) is 2.18. The lowest BCUT2D eigenvalue weighted by atomic mass is 10.1. The minimum absolute atomic E-state index is 0.00890. The molecule has 2 aromatic rings. The number of carbonyl (C=O) groups is 3. The number of fused-ring (bicyclic) bond motifs is 1. The van der Waals surface area contributed by atoms with Gasteiger partial charge in [0.15, 0.2) is 6.10 Å². The zero-order chi connectivity index (χ0) is 20.8. The number of para-hydroxylation sites is 3. The van der Waals surface area contributed by atoms with Gasteiger partial charge in [-0.2, -0.15) is 0 Å². The molecule has 2 aromatic carbocycles. The van der Waals surface area contributed by atoms with Crippen LogP contribution in [0.25, 0.3) is 0 Å². The molecular weight excluding hydrogens is 374 g/mol. The lowest BCUT2D eigenvalue weighted by Crippen LogP contribution is -2.50. The first kappa shape index (κ1) is 20.2. The highest BCUT2D eigenvalue weighted by Gasteiger charge is 2.31. The number of esters is 1. The molecule has 0 spiro atoms. The maximum atomic E-state index is 12.7. The van der Waals surface area contributed by atoms with Crippen molar-refractivity contribution in [1.29, 1.82) is 0 Å². The van der Waals surface area contributed by atoms with Gasteiger partial charge in [0.2, 0.25) is 5.91 Å². The largest absolute Gasteiger partial charge is 0.477 e. The quantitative estimate of drug-likeness (QED) is 0.722. The molecule has 0 radical (unpaired) electrons. The van der Waals surface area contributed by atoms with E-state index in [1.165, 1.54) is 7.05 Å². The van der Waals surface area contributed by atoms with Crippen LogP contribution in [-0.2, 0) is 14.3 Å². The first-order valence-corrected chi connectivity index (χ1v) is 9.31. The number of amides is 2. The molecule has 0 unspecified atom stereocenters. The van der Waals surface area contributed by atoms with E-state index in [1.54, 1.807) is 48.2 Å². The molecule has 1 heterocycles. The van der Waals surface area contributed by atoms with E-state index in [1.807, 2.05) is 12.1 Å². The molecule has 29 heavy (non-hydrogen) atoms. The van der Waals surface area contributed by atoms with Crippen LogP contribution >= 0.6 is 0 Å². The molecule has 8 heteroatoms. The highest BCUT2D eigenvalue weighted by atomic mass is 16.5. The number of nitrogens with zero attached hydrogens (tertiary/aromatic N) is 1. The minimum Gasteiger partial charge on any atom is -0.477 e. The van der Waals surface area contributed by atoms with Crippen molar-refractivity contribution in [2.45, 2.75) is 13.0 Å². The van der Waals surface area contributed by atoms with Gasteiger partial charge in [-0.1, -0.05) is 24.3 Å². The Hall–Kier alpha value is -3.55. The molecule has 3 rings (SSSR count). The average Bonchev–Trinajstić information content (AvgIpc) is 2.73. The fourth-order valence-electron chi connectivity index (χ4n) is 3.10. The Bertz CT molecular complexity index is 915. The average molecular weight is 397 g/mol. The molecule has 0 saturated carbocycles. The van der Waals surface area contributed by atoms with E-state index < -0.39 is 12.1 Å². The summed E-state index contributed by atoms with van der Waals surface area (Å²) in [5.74, 6) is -0.557. The van der Waals surface area contributed by atoms with Crippen molar-refractivity contribution >= 4 is 29.2 Å². The molecule has 0 aromatic heterocycles. The van der Waals surface area contributed by atoms with Gasteiger partial charge < -0.3 is 25.0 Å². The molecule has 1 atom stereocenters. The Morgan fingerprint density at radius 3 is 2.62 bits per heavy atom. The summed E-state index contributed by atoms with van der Waals surface area (Å²) < 4.78 is 10.8. The van der Waals surface area contributed by atoms with E-state index in [4.69, 9.17) is 9.47 Å². The maximum Gasteiger partial charge on any atom is 0.340 e. The van der Waals surface area contributed by atoms with Gasteiger partial charge in [-0.25, -0.2) is 4.79 Å². The minimum atomic E-state index is -0.727. The lowest BCUT2D eigenvalue weighted by molar-refractivity contribution is -0.127. The summed E-state index contributed by atoms with van der Waals surface area (Å²) in [5, 5.41) is 5.33. The highest BCUT2D eigenvalue weighted by molar-refractivity contribution is 6.02. The van der Waals surface area contributed by atoms with E-state index in [0.717, 1.165) is 5.69 Å². The van der Waals surface area contributed by atoms with E-state index in [0.29, 0.717) is 11.4 Å². The van der Waals surface area contributed by atoms with Gasteiger partial charge in [0, 0.05) is 7.05 Å². The Morgan fingerprint density at radius 2 is 1.86 bits per heavy atom. The molecule has 0 fully saturated rings. The molecule has 1 aliphatic rings. The Kier molecular flexibility index (Phi) is 6.33. The lowest BCUT2D eigenvalue weighted by Gasteiger charge is -2.35. The van der Waals surface area contributed by atoms with E-state index in [9.17, 15) is 14.4 Å². The van der Waals surface area contributed by atoms with E-state index in [2.05, 4.69) is 10.6 Å². The molecule has 152 valence electrons. The third kappa shape index (κ3) is 4.66. The van der Waals surface area contributed by atoms with Gasteiger partial charge in [-0.3, -0.25) is 9.59 Å². The number of ether oxygens (including phenoxy) is 2. The van der Waals surface area contributed by atoms with Crippen LogP contribution < -0.4 is 20.3 Å². The predicted octanol–water partition coefficient (Wildman–Crippen LogP) is 1.82. The number of anilines is 2. The number of carbonyl (C=O) groups excluding carboxylic acids is 3. The summed E-state index contributed by atoms with van der Waals surface area (Å²) >= 11 is 0. The molecular formula is C21H23N3O5. The SMILES string of the molecule is CCOC(=O)c1ccccc1NC(=O)CN1C[C@H](C(=O)NC)Oc2ccccc21. The van der Waals surface area contributed by atoms with Crippen molar-refractivity contribution in [2.24, 2.45) is 0 Å². The molecule has 0 saturated heterocycles. The second-order valence-electron chi connectivity index (χ2n) is 6.38. The fourth-order valence-corrected chi connectivity index (χ4v) is 3.10. The smallest absolute Gasteiger partial charge is 0.340 e. The highest BCUT2D eigenvalue weighted by Crippen LogP contribution is 2.33. The van der Waals surface area contributed by atoms with Crippen LogP contribution in [-0.4, -0.2) is 50.6 Å². The van der Waals surface area contributed by atoms with Crippen molar-refractivity contribution < 1.29 is 23.9 Å². The summed E-state index contributed by atoms with van der Waals surface area (Å²) in [5.41, 5.74) is 1.38. The molecule has 2 amide bonds. The Labute approximate surface area is 168 Å². The number of likely N-dealkylation sites (N-methyl/N-ethyl adjacent to an activating group) is 1. The molecule has 2 N–H and O–H groups in total. The summed E-state index contributed by atoms with van der Waals surface area (Å²) in [4.78, 5) is 38.7. The zero-order valence-corrected chi connectivity index (χ0v) is 16.3. The van der Waals surface area contributed by atoms with Gasteiger partial charge in [0.1, 0.15) is 5.75 Å². The first-order chi connectivity index (χ1) is 14.0. The van der Waals surface area contributed by atoms with Crippen LogP contribution in [0.15, 0.2) is 48.5 Å². The summed E-state index contributed by atoms with van der Waals surface area (Å²) in [6, 6.07) is 13.9. The Morgan fingerprint density at radius 1 is 1.14 bits per heavy atom. The second kappa shape index (κ2) is 9.09. The van der Waals surface area contributed by atoms with Crippen LogP contribution in [0, 0.1) is 0 Å². The van der Waals surface area contributed by atoms with Crippen LogP contribution in [0.2, 0.25) is 0 Å². The van der Waals surface area contributed by atoms with Crippen LogP contribution in [0.3, 0.4) is 0 Å². The topological polar surface area (TPSA) is 97.0 Å². The first-order valence-electron chi connectivity index (χ1n) is 9.31. The number of hydrogen-bond acceptors (Lipinski definition) is 6. The van der Waals surface area contributed by atoms with Crippen molar-refractivity contribution in [3.63, 3.8) is 0 Å². The second-order valence-corrected chi connectivity index (χ2v) is 6.38. The number of nitrogens with one attached hydrogen (secondary N) is 2. The molecule has 0 bridgehead atoms. The van der Waals surface area contributed by atoms with E-state index in [-0.39, 0.29) is 37.1 Å². The third-order valence-corrected chi connectivity index (χ3v) is 4.43. The molecule has 8 nitrogen and oxygen atoms in total. The third-order valence-electron chi connectivity index (χ3n) is 4.43. The van der Waals surface area contributed by atoms with Crippen LogP contribution in [0.4, 0.5) is 11.4 Å². The van der Waals surface area contributed by atoms with Gasteiger partial charge in [0.05, 0.1) is 36.6 Å². The fraction of sp³-hybridized carbons (Fsp3) is 0.286. The maximum absolute atomic E-state index is 12.7. The van der Waals surface area contributed by atoms with Crippen molar-refractivity contribution in [3.8, 4) is 5.75 Å². The van der Waals surface area contributed by atoms with Crippen molar-refractivity contribution in [3.05, 3.63) is 54.1 Å². The number of hydrogen-bond donors (Lipinski definition) is 2. The number of rotatable bonds is 6. The van der Waals surface area contributed by atoms with E-state index >= 15 is 0 Å². The van der Waals surface area contributed by atoms with Crippen molar-refractivity contribution in [1.82, 2.24) is 5.32 Å². The number of benzene rings is 2. The van der Waals surface area contributed by atoms with Gasteiger partial charge >= 0.3 is 5.97 Å². The molecule has 1 aliphatic heterocycles. The summed E-state index contributed by atoms with van der Waals surface area (Å²) in [6.07, 6.45) is -0.727. The van der Waals surface area contributed by atoms with Crippen LogP contribution in [0.5, 0.6) is 5.75 Å². The van der Waals surface area contributed by atoms with Crippen molar-refractivity contribution in [2.75, 3.05) is 37.0 Å². The molecule has 0 aliphatic carbocycles. The van der Waals surface area contributed by atoms with Crippen LogP contribution in [0.1, 0.15) is 17.3 Å². The summed E-state index contributed by atoms with van der Waals surface area (Å²) in [7, 11) is 1.54. The zero-order valence-electron chi connectivity index (χ0n) is 16.3. The van der Waals surface area contributed by atoms with Gasteiger partial charge in [0.25, 0.3) is 5.91 Å². The van der Waals surface area contributed by atoms with Gasteiger partial charge in [-0.05, 0) is 31.2 Å². The standard InChI is InChI=1S/C21H23N3O5/c1-3-28-21(27)14-8-4-5-9-15(14)23-19(25)13-24-12-18(20(26)22-2)29-17-11-7-6-10-16(17)24/h4-11,18H,3,12-13H2,1-2H3,(H,22,26)(H,23,25)/t18-/m1/s1. The van der Waals surface area contributed by atoms with Gasteiger partial charge in [-0.15, -0.1) is 0 Å². The normalized spacial score (nSPS) is 15.0. The monoisotopic (exact) mass is 397 g/mol.